The minimum absolute atomic E-state index is 0.0318. The summed E-state index contributed by atoms with van der Waals surface area (Å²) in [7, 11) is -0.501. The van der Waals surface area contributed by atoms with Gasteiger partial charge in [-0.25, -0.2) is 8.42 Å². The van der Waals surface area contributed by atoms with Gasteiger partial charge in [-0.05, 0) is 35.9 Å². The summed E-state index contributed by atoms with van der Waals surface area (Å²) in [5.41, 5.74) is 0.285. The Morgan fingerprint density at radius 1 is 1.05 bits per heavy atom. The quantitative estimate of drug-likeness (QED) is 0.156. The lowest BCUT2D eigenvalue weighted by molar-refractivity contribution is -0.112. The maximum atomic E-state index is 12.5. The van der Waals surface area contributed by atoms with Crippen LogP contribution in [0.5, 0.6) is 23.0 Å². The van der Waals surface area contributed by atoms with Gasteiger partial charge >= 0.3 is 0 Å². The van der Waals surface area contributed by atoms with Crippen molar-refractivity contribution >= 4 is 38.3 Å². The molecule has 1 heterocycles. The average Bonchev–Trinajstić information content (AvgIpc) is 3.39. The molecule has 0 aliphatic rings. The molecule has 0 unspecified atom stereocenters. The van der Waals surface area contributed by atoms with Crippen molar-refractivity contribution in [3.05, 3.63) is 53.6 Å². The third-order valence-electron chi connectivity index (χ3n) is 4.79. The number of methoxy groups -OCH3 is 2. The number of hydrogen-bond donors (Lipinski definition) is 1. The molecule has 37 heavy (non-hydrogen) atoms. The number of nitrogens with zero attached hydrogens (tertiary/aromatic N) is 3. The van der Waals surface area contributed by atoms with Gasteiger partial charge in [0.15, 0.2) is 11.5 Å². The maximum absolute atomic E-state index is 12.5. The molecule has 13 heteroatoms. The zero-order valence-corrected chi connectivity index (χ0v) is 21.9. The second-order valence-corrected chi connectivity index (χ2v) is 10.6. The molecule has 0 radical (unpaired) electrons. The van der Waals surface area contributed by atoms with Gasteiger partial charge in [-0.2, -0.15) is 5.26 Å². The highest BCUT2D eigenvalue weighted by atomic mass is 32.2. The fraction of sp³-hybridized carbons (Fsp3) is 0.250. The van der Waals surface area contributed by atoms with E-state index < -0.39 is 15.7 Å². The zero-order chi connectivity index (χ0) is 26.8. The topological polar surface area (TPSA) is 150 Å². The molecule has 194 valence electrons. The Morgan fingerprint density at radius 3 is 2.51 bits per heavy atom. The highest BCUT2D eigenvalue weighted by molar-refractivity contribution is 7.93. The number of anilines is 1. The van der Waals surface area contributed by atoms with Gasteiger partial charge < -0.3 is 18.9 Å². The number of hydrogen-bond acceptors (Lipinski definition) is 11. The number of nitriles is 1. The van der Waals surface area contributed by atoms with Gasteiger partial charge in [0.25, 0.3) is 5.91 Å². The van der Waals surface area contributed by atoms with Crippen molar-refractivity contribution in [1.82, 2.24) is 10.2 Å². The van der Waals surface area contributed by atoms with Crippen molar-refractivity contribution in [2.24, 2.45) is 0 Å². The van der Waals surface area contributed by atoms with Crippen LogP contribution >= 0.6 is 11.3 Å². The largest absolute Gasteiger partial charge is 0.497 e. The summed E-state index contributed by atoms with van der Waals surface area (Å²) in [6.45, 7) is 2.00. The first-order chi connectivity index (χ1) is 17.8. The van der Waals surface area contributed by atoms with Gasteiger partial charge in [0.05, 0.1) is 20.0 Å². The fourth-order valence-corrected chi connectivity index (χ4v) is 4.87. The second kappa shape index (κ2) is 12.7. The third kappa shape index (κ3) is 7.42. The van der Waals surface area contributed by atoms with Crippen LogP contribution in [0.15, 0.2) is 52.4 Å². The Kier molecular flexibility index (Phi) is 9.42. The molecule has 1 N–H and O–H groups in total. The second-order valence-electron chi connectivity index (χ2n) is 7.19. The number of benzene rings is 2. The Hall–Kier alpha value is -4.15. The molecule has 0 aliphatic heterocycles. The van der Waals surface area contributed by atoms with Gasteiger partial charge in [0.1, 0.15) is 36.4 Å². The average molecular weight is 545 g/mol. The molecular formula is C24H24N4O7S2. The van der Waals surface area contributed by atoms with E-state index in [0.29, 0.717) is 39.9 Å². The van der Waals surface area contributed by atoms with Crippen molar-refractivity contribution in [3.8, 4) is 29.1 Å². The summed E-state index contributed by atoms with van der Waals surface area (Å²) in [5.74, 6) is 1.28. The first-order valence-corrected chi connectivity index (χ1v) is 13.3. The predicted octanol–water partition coefficient (Wildman–Crippen LogP) is 3.35. The number of sulfone groups is 1. The molecule has 0 aliphatic carbocycles. The standard InChI is InChI=1S/C24H24N4O7S2/c1-4-37(30,31)24-28-27-23(36-24)26-22(29)17(15-25)12-16-8-9-20(21(13-16)33-3)35-11-10-34-19-7-5-6-18(14-19)32-2/h5-9,12-14H,4,10-11H2,1-3H3,(H,26,27,29)/b17-12-. The zero-order valence-electron chi connectivity index (χ0n) is 20.3. The van der Waals surface area contributed by atoms with Crippen LogP contribution < -0.4 is 24.3 Å². The van der Waals surface area contributed by atoms with Crippen molar-refractivity contribution < 1.29 is 32.2 Å². The lowest BCUT2D eigenvalue weighted by Crippen LogP contribution is -2.13. The highest BCUT2D eigenvalue weighted by Gasteiger charge is 2.20. The minimum Gasteiger partial charge on any atom is -0.497 e. The fourth-order valence-electron chi connectivity index (χ4n) is 2.88. The van der Waals surface area contributed by atoms with Gasteiger partial charge in [-0.15, -0.1) is 10.2 Å². The van der Waals surface area contributed by atoms with Crippen LogP contribution in [0, 0.1) is 11.3 Å². The number of carbonyl (C=O) groups is 1. The van der Waals surface area contributed by atoms with E-state index in [1.807, 2.05) is 24.3 Å². The van der Waals surface area contributed by atoms with Crippen LogP contribution in [-0.2, 0) is 14.6 Å². The van der Waals surface area contributed by atoms with Crippen molar-refractivity contribution in [1.29, 1.82) is 5.26 Å². The van der Waals surface area contributed by atoms with Crippen LogP contribution in [0.1, 0.15) is 12.5 Å². The third-order valence-corrected chi connectivity index (χ3v) is 7.81. The smallest absolute Gasteiger partial charge is 0.268 e. The molecular weight excluding hydrogens is 520 g/mol. The van der Waals surface area contributed by atoms with E-state index in [2.05, 4.69) is 15.5 Å². The van der Waals surface area contributed by atoms with Gasteiger partial charge in [-0.3, -0.25) is 10.1 Å². The molecule has 0 saturated heterocycles. The van der Waals surface area contributed by atoms with Crippen molar-refractivity contribution in [2.45, 2.75) is 11.3 Å². The van der Waals surface area contributed by atoms with E-state index in [0.717, 1.165) is 0 Å². The molecule has 0 atom stereocenters. The molecule has 0 saturated carbocycles. The number of rotatable bonds is 12. The van der Waals surface area contributed by atoms with E-state index in [1.165, 1.54) is 20.1 Å². The number of ether oxygens (including phenoxy) is 4. The van der Waals surface area contributed by atoms with Crippen LogP contribution in [0.2, 0.25) is 0 Å². The van der Waals surface area contributed by atoms with Crippen LogP contribution in [0.3, 0.4) is 0 Å². The number of carbonyl (C=O) groups excluding carboxylic acids is 1. The van der Waals surface area contributed by atoms with Gasteiger partial charge in [0.2, 0.25) is 19.3 Å². The first kappa shape index (κ1) is 27.4. The summed E-state index contributed by atoms with van der Waals surface area (Å²) in [4.78, 5) is 12.5. The Bertz CT molecular complexity index is 1430. The van der Waals surface area contributed by atoms with Gasteiger partial charge in [0, 0.05) is 6.07 Å². The van der Waals surface area contributed by atoms with Crippen LogP contribution in [0.4, 0.5) is 5.13 Å². The Labute approximate surface area is 218 Å². The van der Waals surface area contributed by atoms with E-state index in [1.54, 1.807) is 31.4 Å². The lowest BCUT2D eigenvalue weighted by atomic mass is 10.1. The van der Waals surface area contributed by atoms with E-state index in [-0.39, 0.29) is 34.0 Å². The minimum atomic E-state index is -3.55. The Morgan fingerprint density at radius 2 is 1.81 bits per heavy atom. The molecule has 0 fully saturated rings. The highest BCUT2D eigenvalue weighted by Crippen LogP contribution is 2.29. The molecule has 0 bridgehead atoms. The van der Waals surface area contributed by atoms with Crippen LogP contribution in [-0.4, -0.2) is 57.7 Å². The van der Waals surface area contributed by atoms with E-state index in [9.17, 15) is 18.5 Å². The number of nitrogens with one attached hydrogen (secondary N) is 1. The Balaban J connectivity index is 1.64. The summed E-state index contributed by atoms with van der Waals surface area (Å²) in [5, 5.41) is 19.1. The summed E-state index contributed by atoms with van der Waals surface area (Å²) >= 11 is 0.713. The SMILES string of the molecule is CCS(=O)(=O)c1nnc(NC(=O)/C(C#N)=C\c2ccc(OCCOc3cccc(OC)c3)c(OC)c2)s1. The molecule has 0 spiro atoms. The van der Waals surface area contributed by atoms with E-state index in [4.69, 9.17) is 18.9 Å². The maximum Gasteiger partial charge on any atom is 0.268 e. The normalized spacial score (nSPS) is 11.4. The van der Waals surface area contributed by atoms with Gasteiger partial charge in [-0.1, -0.05) is 30.4 Å². The lowest BCUT2D eigenvalue weighted by Gasteiger charge is -2.12. The molecule has 3 aromatic rings. The first-order valence-electron chi connectivity index (χ1n) is 10.9. The summed E-state index contributed by atoms with van der Waals surface area (Å²) in [6, 6.07) is 14.0. The van der Waals surface area contributed by atoms with Crippen molar-refractivity contribution in [3.63, 3.8) is 0 Å². The van der Waals surface area contributed by atoms with Crippen molar-refractivity contribution in [2.75, 3.05) is 38.5 Å². The number of amides is 1. The molecule has 1 amide bonds. The summed E-state index contributed by atoms with van der Waals surface area (Å²) < 4.78 is 45.5. The summed E-state index contributed by atoms with van der Waals surface area (Å²) in [6.07, 6.45) is 1.36. The monoisotopic (exact) mass is 544 g/mol. The predicted molar refractivity (Wildman–Crippen MR) is 137 cm³/mol. The molecule has 11 nitrogen and oxygen atoms in total. The molecule has 2 aromatic carbocycles. The molecule has 3 rings (SSSR count). The molecule has 1 aromatic heterocycles. The number of aromatic nitrogens is 2. The van der Waals surface area contributed by atoms with Crippen LogP contribution in [0.25, 0.3) is 6.08 Å². The van der Waals surface area contributed by atoms with E-state index >= 15 is 0 Å².